The standard InChI is InChI=1S/C22H15ClN2O4S2/c23-20-9-8-19(31-20)17(26)12-29-22(28)16-6-1-2-7-18(16)30-13-21(27)25-15-5-3-4-14(10-15)11-24/h1-10H,12-13H2,(H,25,27). The lowest BCUT2D eigenvalue weighted by Crippen LogP contribution is -2.16. The number of halogens is 1. The van der Waals surface area contributed by atoms with Crippen molar-refractivity contribution in [1.82, 2.24) is 0 Å². The zero-order valence-corrected chi connectivity index (χ0v) is 18.4. The number of thioether (sulfide) groups is 1. The maximum atomic E-state index is 12.5. The largest absolute Gasteiger partial charge is 0.454 e. The molecule has 0 aliphatic heterocycles. The molecular weight excluding hydrogens is 456 g/mol. The molecule has 0 fully saturated rings. The number of amides is 1. The molecule has 1 amide bonds. The van der Waals surface area contributed by atoms with Gasteiger partial charge in [0.2, 0.25) is 11.7 Å². The number of anilines is 1. The number of esters is 1. The Morgan fingerprint density at radius 1 is 1.10 bits per heavy atom. The highest BCUT2D eigenvalue weighted by Crippen LogP contribution is 2.25. The molecule has 3 aromatic rings. The Labute approximate surface area is 191 Å². The molecule has 0 unspecified atom stereocenters. The SMILES string of the molecule is N#Cc1cccc(NC(=O)CSc2ccccc2C(=O)OCC(=O)c2ccc(Cl)s2)c1. The summed E-state index contributed by atoms with van der Waals surface area (Å²) in [6.07, 6.45) is 0. The monoisotopic (exact) mass is 470 g/mol. The second-order valence-corrected chi connectivity index (χ2v) is 8.86. The predicted molar refractivity (Wildman–Crippen MR) is 121 cm³/mol. The second-order valence-electron chi connectivity index (χ2n) is 6.13. The summed E-state index contributed by atoms with van der Waals surface area (Å²) < 4.78 is 5.63. The van der Waals surface area contributed by atoms with Gasteiger partial charge in [-0.3, -0.25) is 9.59 Å². The topological polar surface area (TPSA) is 96.3 Å². The van der Waals surface area contributed by atoms with Crippen molar-refractivity contribution >= 4 is 58.0 Å². The summed E-state index contributed by atoms with van der Waals surface area (Å²) in [5.41, 5.74) is 1.23. The van der Waals surface area contributed by atoms with Gasteiger partial charge in [-0.25, -0.2) is 4.79 Å². The Balaban J connectivity index is 1.58. The molecule has 1 N–H and O–H groups in total. The minimum atomic E-state index is -0.652. The third-order valence-corrected chi connectivity index (χ3v) is 6.27. The highest BCUT2D eigenvalue weighted by molar-refractivity contribution is 8.00. The van der Waals surface area contributed by atoms with E-state index in [9.17, 15) is 14.4 Å². The summed E-state index contributed by atoms with van der Waals surface area (Å²) in [5, 5.41) is 11.7. The highest BCUT2D eigenvalue weighted by atomic mass is 35.5. The molecule has 0 radical (unpaired) electrons. The van der Waals surface area contributed by atoms with Gasteiger partial charge in [-0.2, -0.15) is 5.26 Å². The molecule has 31 heavy (non-hydrogen) atoms. The van der Waals surface area contributed by atoms with Crippen LogP contribution >= 0.6 is 34.7 Å². The van der Waals surface area contributed by atoms with Crippen molar-refractivity contribution in [1.29, 1.82) is 5.26 Å². The number of ether oxygens (including phenoxy) is 1. The number of carbonyl (C=O) groups is 3. The van der Waals surface area contributed by atoms with Crippen LogP contribution < -0.4 is 5.32 Å². The van der Waals surface area contributed by atoms with Crippen LogP contribution in [0.25, 0.3) is 0 Å². The molecule has 9 heteroatoms. The summed E-state index contributed by atoms with van der Waals surface area (Å²) >= 11 is 8.11. The van der Waals surface area contributed by atoms with Gasteiger partial charge in [0.25, 0.3) is 0 Å². The lowest BCUT2D eigenvalue weighted by molar-refractivity contribution is -0.113. The minimum Gasteiger partial charge on any atom is -0.454 e. The fourth-order valence-electron chi connectivity index (χ4n) is 2.51. The van der Waals surface area contributed by atoms with Crippen molar-refractivity contribution in [2.45, 2.75) is 4.90 Å². The van der Waals surface area contributed by atoms with Crippen molar-refractivity contribution < 1.29 is 19.1 Å². The van der Waals surface area contributed by atoms with E-state index in [0.717, 1.165) is 11.3 Å². The van der Waals surface area contributed by atoms with E-state index in [-0.39, 0.29) is 23.0 Å². The van der Waals surface area contributed by atoms with Crippen molar-refractivity contribution in [3.63, 3.8) is 0 Å². The van der Waals surface area contributed by atoms with E-state index < -0.39 is 12.6 Å². The fraction of sp³-hybridized carbons (Fsp3) is 0.0909. The number of hydrogen-bond donors (Lipinski definition) is 1. The molecule has 0 atom stereocenters. The van der Waals surface area contributed by atoms with E-state index in [4.69, 9.17) is 21.6 Å². The van der Waals surface area contributed by atoms with Gasteiger partial charge in [-0.1, -0.05) is 29.8 Å². The number of carbonyl (C=O) groups excluding carboxylic acids is 3. The molecule has 6 nitrogen and oxygen atoms in total. The summed E-state index contributed by atoms with van der Waals surface area (Å²) in [6.45, 7) is -0.398. The van der Waals surface area contributed by atoms with Crippen LogP contribution in [-0.4, -0.2) is 30.0 Å². The molecule has 0 saturated carbocycles. The van der Waals surface area contributed by atoms with Gasteiger partial charge in [-0.15, -0.1) is 23.1 Å². The molecule has 0 spiro atoms. The number of ketones is 1. The normalized spacial score (nSPS) is 10.2. The van der Waals surface area contributed by atoms with Crippen LogP contribution in [0.5, 0.6) is 0 Å². The first-order chi connectivity index (χ1) is 15.0. The summed E-state index contributed by atoms with van der Waals surface area (Å²) in [4.78, 5) is 37.8. The Morgan fingerprint density at radius 3 is 2.65 bits per heavy atom. The lowest BCUT2D eigenvalue weighted by atomic mass is 10.2. The molecule has 0 aliphatic rings. The molecule has 0 bridgehead atoms. The number of benzene rings is 2. The first kappa shape index (κ1) is 22.6. The van der Waals surface area contributed by atoms with Crippen LogP contribution in [0.3, 0.4) is 0 Å². The smallest absolute Gasteiger partial charge is 0.339 e. The van der Waals surface area contributed by atoms with Crippen LogP contribution in [0.4, 0.5) is 5.69 Å². The quantitative estimate of drug-likeness (QED) is 0.281. The predicted octanol–water partition coefficient (Wildman–Crippen LogP) is 5.04. The van der Waals surface area contributed by atoms with Gasteiger partial charge in [-0.05, 0) is 42.5 Å². The summed E-state index contributed by atoms with van der Waals surface area (Å²) in [7, 11) is 0. The zero-order valence-electron chi connectivity index (χ0n) is 16.0. The van der Waals surface area contributed by atoms with Gasteiger partial charge in [0.1, 0.15) is 0 Å². The van der Waals surface area contributed by atoms with E-state index >= 15 is 0 Å². The Morgan fingerprint density at radius 2 is 1.90 bits per heavy atom. The van der Waals surface area contributed by atoms with Crippen LogP contribution in [0.1, 0.15) is 25.6 Å². The number of nitrogens with zero attached hydrogens (tertiary/aromatic N) is 1. The Kier molecular flexibility index (Phi) is 7.84. The second kappa shape index (κ2) is 10.8. The number of Topliss-reactive ketones (excluding diaryl/α,β-unsaturated/α-hetero) is 1. The number of nitrogens with one attached hydrogen (secondary N) is 1. The molecular formula is C22H15ClN2O4S2. The molecule has 0 saturated heterocycles. The maximum absolute atomic E-state index is 12.5. The number of rotatable bonds is 8. The van der Waals surface area contributed by atoms with Crippen LogP contribution in [0.15, 0.2) is 65.6 Å². The average Bonchev–Trinajstić information content (AvgIpc) is 3.22. The molecule has 156 valence electrons. The first-order valence-corrected chi connectivity index (χ1v) is 11.1. The first-order valence-electron chi connectivity index (χ1n) is 8.94. The van der Waals surface area contributed by atoms with Crippen LogP contribution in [0.2, 0.25) is 4.34 Å². The van der Waals surface area contributed by atoms with Gasteiger partial charge in [0.05, 0.1) is 32.2 Å². The number of thiophene rings is 1. The van der Waals surface area contributed by atoms with Crippen molar-refractivity contribution in [2.24, 2.45) is 0 Å². The highest BCUT2D eigenvalue weighted by Gasteiger charge is 2.17. The zero-order chi connectivity index (χ0) is 22.2. The third-order valence-electron chi connectivity index (χ3n) is 3.92. The lowest BCUT2D eigenvalue weighted by Gasteiger charge is -2.09. The average molecular weight is 471 g/mol. The summed E-state index contributed by atoms with van der Waals surface area (Å²) in [6, 6.07) is 18.5. The molecule has 3 rings (SSSR count). The number of nitriles is 1. The van der Waals surface area contributed by atoms with Crippen LogP contribution in [-0.2, 0) is 9.53 Å². The molecule has 1 heterocycles. The van der Waals surface area contributed by atoms with Crippen molar-refractivity contribution in [2.75, 3.05) is 17.7 Å². The van der Waals surface area contributed by atoms with E-state index in [2.05, 4.69) is 5.32 Å². The molecule has 2 aromatic carbocycles. The van der Waals surface area contributed by atoms with Crippen molar-refractivity contribution in [3.8, 4) is 6.07 Å². The molecule has 0 aliphatic carbocycles. The van der Waals surface area contributed by atoms with Crippen molar-refractivity contribution in [3.05, 3.63) is 81.0 Å². The van der Waals surface area contributed by atoms with Gasteiger partial charge >= 0.3 is 5.97 Å². The Hall–Kier alpha value is -3.12. The Bertz CT molecular complexity index is 1170. The van der Waals surface area contributed by atoms with Gasteiger partial charge < -0.3 is 10.1 Å². The van der Waals surface area contributed by atoms with E-state index in [1.165, 1.54) is 11.8 Å². The minimum absolute atomic E-state index is 0.0493. The third kappa shape index (κ3) is 6.43. The van der Waals surface area contributed by atoms with Gasteiger partial charge in [0, 0.05) is 10.6 Å². The van der Waals surface area contributed by atoms with E-state index in [1.807, 2.05) is 6.07 Å². The fourth-order valence-corrected chi connectivity index (χ4v) is 4.32. The van der Waals surface area contributed by atoms with E-state index in [1.54, 1.807) is 60.7 Å². The number of hydrogen-bond acceptors (Lipinski definition) is 7. The van der Waals surface area contributed by atoms with E-state index in [0.29, 0.717) is 25.4 Å². The van der Waals surface area contributed by atoms with Crippen LogP contribution in [0, 0.1) is 11.3 Å². The van der Waals surface area contributed by atoms with Gasteiger partial charge in [0.15, 0.2) is 6.61 Å². The maximum Gasteiger partial charge on any atom is 0.339 e. The summed E-state index contributed by atoms with van der Waals surface area (Å²) in [5.74, 6) is -1.23. The molecule has 1 aromatic heterocycles.